The Morgan fingerprint density at radius 1 is 1.14 bits per heavy atom. The maximum atomic E-state index is 12.7. The second kappa shape index (κ2) is 8.86. The van der Waals surface area contributed by atoms with Crippen molar-refractivity contribution in [3.63, 3.8) is 0 Å². The number of benzene rings is 2. The number of nitrogens with one attached hydrogen (secondary N) is 1. The zero-order valence-electron chi connectivity index (χ0n) is 17.1. The van der Waals surface area contributed by atoms with Gasteiger partial charge in [0.2, 0.25) is 10.0 Å². The minimum atomic E-state index is -3.33. The van der Waals surface area contributed by atoms with Crippen molar-refractivity contribution in [1.82, 2.24) is 5.32 Å². The van der Waals surface area contributed by atoms with Crippen LogP contribution in [-0.4, -0.2) is 39.3 Å². The molecule has 29 heavy (non-hydrogen) atoms. The highest BCUT2D eigenvalue weighted by Gasteiger charge is 2.27. The summed E-state index contributed by atoms with van der Waals surface area (Å²) in [5.41, 5.74) is 3.02. The lowest BCUT2D eigenvalue weighted by molar-refractivity contribution is 0.0926. The Morgan fingerprint density at radius 3 is 2.55 bits per heavy atom. The standard InChI is InChI=1S/C22H28N2O4S/c1-16-6-10-20(11-7-16)28-15-18(3)23-22(25)19-9-8-17(2)21(14-19)24-12-4-5-13-29(24,26)27/h6-11,14,18H,4-5,12-13,15H2,1-3H3,(H,23,25)/t18-/m0/s1. The summed E-state index contributed by atoms with van der Waals surface area (Å²) in [4.78, 5) is 12.7. The van der Waals surface area contributed by atoms with Gasteiger partial charge in [0, 0.05) is 12.1 Å². The van der Waals surface area contributed by atoms with Crippen LogP contribution < -0.4 is 14.4 Å². The second-order valence-electron chi connectivity index (χ2n) is 7.60. The van der Waals surface area contributed by atoms with E-state index in [-0.39, 0.29) is 17.7 Å². The summed E-state index contributed by atoms with van der Waals surface area (Å²) in [6, 6.07) is 12.7. The van der Waals surface area contributed by atoms with E-state index in [0.29, 0.717) is 30.8 Å². The van der Waals surface area contributed by atoms with E-state index in [1.54, 1.807) is 18.2 Å². The van der Waals surface area contributed by atoms with Crippen LogP contribution in [0.1, 0.15) is 41.3 Å². The normalized spacial score (nSPS) is 16.9. The number of hydrogen-bond donors (Lipinski definition) is 1. The molecule has 1 atom stereocenters. The van der Waals surface area contributed by atoms with Gasteiger partial charge in [0.15, 0.2) is 0 Å². The molecule has 156 valence electrons. The van der Waals surface area contributed by atoms with Crippen LogP contribution in [0.25, 0.3) is 0 Å². The number of sulfonamides is 1. The monoisotopic (exact) mass is 416 g/mol. The van der Waals surface area contributed by atoms with Gasteiger partial charge in [-0.05, 0) is 63.4 Å². The van der Waals surface area contributed by atoms with Crippen LogP contribution in [0.3, 0.4) is 0 Å². The van der Waals surface area contributed by atoms with Crippen LogP contribution in [0.15, 0.2) is 42.5 Å². The third-order valence-corrected chi connectivity index (χ3v) is 6.84. The van der Waals surface area contributed by atoms with E-state index >= 15 is 0 Å². The van der Waals surface area contributed by atoms with Crippen LogP contribution in [0.2, 0.25) is 0 Å². The SMILES string of the molecule is Cc1ccc(OC[C@H](C)NC(=O)c2ccc(C)c(N3CCCCS3(=O)=O)c2)cc1. The summed E-state index contributed by atoms with van der Waals surface area (Å²) >= 11 is 0. The van der Waals surface area contributed by atoms with Gasteiger partial charge in [-0.3, -0.25) is 9.10 Å². The minimum Gasteiger partial charge on any atom is -0.491 e. The van der Waals surface area contributed by atoms with Crippen LogP contribution in [0, 0.1) is 13.8 Å². The Labute approximate surface area is 172 Å². The third-order valence-electron chi connectivity index (χ3n) is 4.99. The fourth-order valence-corrected chi connectivity index (χ4v) is 4.98. The average Bonchev–Trinajstić information content (AvgIpc) is 2.68. The molecule has 0 radical (unpaired) electrons. The number of aryl methyl sites for hydroxylation is 2. The van der Waals surface area contributed by atoms with Crippen molar-refractivity contribution < 1.29 is 17.9 Å². The molecule has 1 aliphatic heterocycles. The lowest BCUT2D eigenvalue weighted by Crippen LogP contribution is -2.39. The van der Waals surface area contributed by atoms with Gasteiger partial charge in [0.1, 0.15) is 12.4 Å². The highest BCUT2D eigenvalue weighted by molar-refractivity contribution is 7.92. The number of carbonyl (C=O) groups excluding carboxylic acids is 1. The summed E-state index contributed by atoms with van der Waals surface area (Å²) in [6.45, 7) is 6.54. The molecule has 1 aliphatic rings. The molecule has 3 rings (SSSR count). The van der Waals surface area contributed by atoms with Crippen LogP contribution >= 0.6 is 0 Å². The molecule has 1 heterocycles. The Morgan fingerprint density at radius 2 is 1.86 bits per heavy atom. The van der Waals surface area contributed by atoms with Crippen LogP contribution in [0.4, 0.5) is 5.69 Å². The summed E-state index contributed by atoms with van der Waals surface area (Å²) in [7, 11) is -3.33. The number of amides is 1. The first-order valence-electron chi connectivity index (χ1n) is 9.88. The molecule has 0 spiro atoms. The van der Waals surface area contributed by atoms with Gasteiger partial charge in [0.05, 0.1) is 17.5 Å². The number of rotatable bonds is 6. The quantitative estimate of drug-likeness (QED) is 0.783. The molecule has 2 aromatic rings. The summed E-state index contributed by atoms with van der Waals surface area (Å²) in [5.74, 6) is 0.654. The van der Waals surface area contributed by atoms with Crippen LogP contribution in [0.5, 0.6) is 5.75 Å². The van der Waals surface area contributed by atoms with Gasteiger partial charge in [-0.15, -0.1) is 0 Å². The van der Waals surface area contributed by atoms with Crippen molar-refractivity contribution in [1.29, 1.82) is 0 Å². The van der Waals surface area contributed by atoms with E-state index < -0.39 is 10.0 Å². The van der Waals surface area contributed by atoms with Crippen molar-refractivity contribution in [3.8, 4) is 5.75 Å². The third kappa shape index (κ3) is 5.29. The lowest BCUT2D eigenvalue weighted by atomic mass is 10.1. The van der Waals surface area contributed by atoms with E-state index in [2.05, 4.69) is 5.32 Å². The number of ether oxygens (including phenoxy) is 1. The number of nitrogens with zero attached hydrogens (tertiary/aromatic N) is 1. The Bertz CT molecular complexity index is 971. The van der Waals surface area contributed by atoms with Gasteiger partial charge < -0.3 is 10.1 Å². The molecular weight excluding hydrogens is 388 g/mol. The molecule has 0 unspecified atom stereocenters. The molecule has 6 nitrogen and oxygen atoms in total. The molecule has 0 saturated carbocycles. The van der Waals surface area contributed by atoms with Gasteiger partial charge in [-0.2, -0.15) is 0 Å². The molecule has 0 bridgehead atoms. The largest absolute Gasteiger partial charge is 0.491 e. The van der Waals surface area contributed by atoms with Gasteiger partial charge in [0.25, 0.3) is 5.91 Å². The van der Waals surface area contributed by atoms with E-state index in [9.17, 15) is 13.2 Å². The molecule has 1 saturated heterocycles. The lowest BCUT2D eigenvalue weighted by Gasteiger charge is -2.29. The minimum absolute atomic E-state index is 0.149. The molecule has 1 amide bonds. The maximum absolute atomic E-state index is 12.7. The first-order chi connectivity index (χ1) is 13.8. The van der Waals surface area contributed by atoms with Crippen molar-refractivity contribution >= 4 is 21.6 Å². The molecule has 1 N–H and O–H groups in total. The van der Waals surface area contributed by atoms with Crippen molar-refractivity contribution in [3.05, 3.63) is 59.2 Å². The van der Waals surface area contributed by atoms with Crippen molar-refractivity contribution in [2.75, 3.05) is 23.2 Å². The summed E-state index contributed by atoms with van der Waals surface area (Å²) in [5, 5.41) is 2.92. The molecule has 0 aliphatic carbocycles. The van der Waals surface area contributed by atoms with Crippen molar-refractivity contribution in [2.24, 2.45) is 0 Å². The smallest absolute Gasteiger partial charge is 0.251 e. The average molecular weight is 417 g/mol. The van der Waals surface area contributed by atoms with E-state index in [0.717, 1.165) is 23.3 Å². The Hall–Kier alpha value is -2.54. The van der Waals surface area contributed by atoms with Gasteiger partial charge in [-0.1, -0.05) is 23.8 Å². The highest BCUT2D eigenvalue weighted by Crippen LogP contribution is 2.28. The molecule has 0 aromatic heterocycles. The number of carbonyl (C=O) groups is 1. The topological polar surface area (TPSA) is 75.7 Å². The first kappa shape index (κ1) is 21.2. The van der Waals surface area contributed by atoms with Gasteiger partial charge >= 0.3 is 0 Å². The summed E-state index contributed by atoms with van der Waals surface area (Å²) < 4.78 is 32.0. The molecule has 7 heteroatoms. The van der Waals surface area contributed by atoms with E-state index in [4.69, 9.17) is 4.74 Å². The van der Waals surface area contributed by atoms with Crippen LogP contribution in [-0.2, 0) is 10.0 Å². The Balaban J connectivity index is 1.66. The molecule has 1 fully saturated rings. The zero-order valence-corrected chi connectivity index (χ0v) is 18.0. The fourth-order valence-electron chi connectivity index (χ4n) is 3.28. The Kier molecular flexibility index (Phi) is 6.47. The number of hydrogen-bond acceptors (Lipinski definition) is 4. The summed E-state index contributed by atoms with van der Waals surface area (Å²) in [6.07, 6.45) is 1.50. The molecule has 2 aromatic carbocycles. The van der Waals surface area contributed by atoms with Gasteiger partial charge in [-0.25, -0.2) is 8.42 Å². The van der Waals surface area contributed by atoms with E-state index in [1.807, 2.05) is 45.0 Å². The second-order valence-corrected chi connectivity index (χ2v) is 9.61. The van der Waals surface area contributed by atoms with Crippen molar-refractivity contribution in [2.45, 2.75) is 39.7 Å². The first-order valence-corrected chi connectivity index (χ1v) is 11.5. The highest BCUT2D eigenvalue weighted by atomic mass is 32.2. The predicted octanol–water partition coefficient (Wildman–Crippen LogP) is 3.43. The van der Waals surface area contributed by atoms with E-state index in [1.165, 1.54) is 4.31 Å². The predicted molar refractivity (Wildman–Crippen MR) is 115 cm³/mol. The number of anilines is 1. The zero-order chi connectivity index (χ0) is 21.0. The maximum Gasteiger partial charge on any atom is 0.251 e. The fraction of sp³-hybridized carbons (Fsp3) is 0.409. The molecular formula is C22H28N2O4S.